The Kier molecular flexibility index (Phi) is 15.7. The molecule has 0 aliphatic heterocycles. The Morgan fingerprint density at radius 1 is 0.909 bits per heavy atom. The molecule has 0 amide bonds. The third-order valence-corrected chi connectivity index (χ3v) is 1.60. The number of aliphatic hydroxyl groups excluding tert-OH is 2. The Morgan fingerprint density at radius 2 is 1.18 bits per heavy atom. The summed E-state index contributed by atoms with van der Waals surface area (Å²) < 4.78 is 14.1. The fourth-order valence-corrected chi connectivity index (χ4v) is 0.750. The maximum atomic E-state index is 7.62. The zero-order chi connectivity index (χ0) is 9.11. The summed E-state index contributed by atoms with van der Waals surface area (Å²) in [5.41, 5.74) is 0. The molecule has 5 nitrogen and oxygen atoms in total. The van der Waals surface area contributed by atoms with Gasteiger partial charge < -0.3 is 23.5 Å². The molecule has 11 heavy (non-hydrogen) atoms. The lowest BCUT2D eigenvalue weighted by Crippen LogP contribution is -2.21. The van der Waals surface area contributed by atoms with Gasteiger partial charge in [-0.3, -0.25) is 0 Å². The second-order valence-electron chi connectivity index (χ2n) is 1.31. The van der Waals surface area contributed by atoms with Crippen molar-refractivity contribution in [3.8, 4) is 0 Å². The van der Waals surface area contributed by atoms with Gasteiger partial charge in [0.2, 0.25) is 0 Å². The molecule has 0 aromatic rings. The lowest BCUT2D eigenvalue weighted by Gasteiger charge is -2.02. The van der Waals surface area contributed by atoms with Gasteiger partial charge in [0.15, 0.2) is 0 Å². The van der Waals surface area contributed by atoms with Gasteiger partial charge in [0.05, 0.1) is 13.2 Å². The number of rotatable bonds is 4. The van der Waals surface area contributed by atoms with Crippen LogP contribution in [0.25, 0.3) is 0 Å². The van der Waals surface area contributed by atoms with Gasteiger partial charge in [-0.15, -0.1) is 0 Å². The van der Waals surface area contributed by atoms with Gasteiger partial charge in [-0.05, 0) is 0 Å². The van der Waals surface area contributed by atoms with Crippen LogP contribution >= 0.6 is 0 Å². The molecule has 0 heterocycles. The Balaban J connectivity index is 0. The van der Waals surface area contributed by atoms with Gasteiger partial charge in [-0.1, -0.05) is 0 Å². The summed E-state index contributed by atoms with van der Waals surface area (Å²) in [6.07, 6.45) is 0. The van der Waals surface area contributed by atoms with Crippen molar-refractivity contribution < 1.29 is 23.5 Å². The van der Waals surface area contributed by atoms with Crippen molar-refractivity contribution in [1.29, 1.82) is 0 Å². The zero-order valence-electron chi connectivity index (χ0n) is 7.03. The third-order valence-electron chi connectivity index (χ3n) is 0.600. The molecule has 0 aliphatic carbocycles. The van der Waals surface area contributed by atoms with E-state index in [0.717, 1.165) is 0 Å². The second kappa shape index (κ2) is 12.7. The molecule has 0 saturated heterocycles. The Labute approximate surface area is 68.5 Å². The maximum absolute atomic E-state index is 7.62. The molecule has 0 unspecified atom stereocenters. The largest absolute Gasteiger partial charge is 0.576 e. The molecule has 69 valence electrons. The van der Waals surface area contributed by atoms with E-state index in [0.29, 0.717) is 0 Å². The molecule has 0 bridgehead atoms. The van der Waals surface area contributed by atoms with Crippen LogP contribution in [0, 0.1) is 0 Å². The molecule has 0 saturated carbocycles. The molecule has 0 aromatic carbocycles. The molecular weight excluding hydrogens is 168 g/mol. The molecule has 0 rings (SSSR count). The topological polar surface area (TPSA) is 68.2 Å². The minimum Gasteiger partial charge on any atom is -0.394 e. The predicted octanol–water partition coefficient (Wildman–Crippen LogP) is -1.12. The summed E-state index contributed by atoms with van der Waals surface area (Å²) in [4.78, 5) is 0. The van der Waals surface area contributed by atoms with Gasteiger partial charge in [-0.2, -0.15) is 0 Å². The van der Waals surface area contributed by atoms with E-state index in [4.69, 9.17) is 23.5 Å². The van der Waals surface area contributed by atoms with Crippen LogP contribution in [0.4, 0.5) is 0 Å². The van der Waals surface area contributed by atoms with Gasteiger partial charge >= 0.3 is 9.53 Å². The smallest absolute Gasteiger partial charge is 0.394 e. The molecule has 0 aliphatic rings. The van der Waals surface area contributed by atoms with Gasteiger partial charge in [0.1, 0.15) is 0 Å². The average molecular weight is 183 g/mol. The van der Waals surface area contributed by atoms with Crippen LogP contribution < -0.4 is 0 Å². The van der Waals surface area contributed by atoms with Crippen LogP contribution in [-0.2, 0) is 13.3 Å². The molecule has 0 fully saturated rings. The Morgan fingerprint density at radius 3 is 1.18 bits per heavy atom. The summed E-state index contributed by atoms with van der Waals surface area (Å²) in [7, 11) is 3.31. The van der Waals surface area contributed by atoms with Crippen molar-refractivity contribution in [2.75, 3.05) is 34.5 Å². The van der Waals surface area contributed by atoms with E-state index in [9.17, 15) is 0 Å². The number of hydrogen-bond acceptors (Lipinski definition) is 5. The lowest BCUT2D eigenvalue weighted by atomic mass is 10.8. The van der Waals surface area contributed by atoms with E-state index < -0.39 is 9.53 Å². The van der Waals surface area contributed by atoms with Crippen LogP contribution in [0.3, 0.4) is 0 Å². The van der Waals surface area contributed by atoms with Crippen molar-refractivity contribution >= 4 is 9.53 Å². The van der Waals surface area contributed by atoms with Crippen molar-refractivity contribution in [1.82, 2.24) is 0 Å². The second-order valence-corrected chi connectivity index (χ2v) is 3.03. The summed E-state index contributed by atoms with van der Waals surface area (Å²) in [6, 6.07) is 0. The Hall–Kier alpha value is 0.0169. The predicted molar refractivity (Wildman–Crippen MR) is 41.0 cm³/mol. The highest BCUT2D eigenvalue weighted by molar-refractivity contribution is 6.36. The van der Waals surface area contributed by atoms with Crippen molar-refractivity contribution in [2.24, 2.45) is 0 Å². The minimum atomic E-state index is -1.36. The van der Waals surface area contributed by atoms with Crippen LogP contribution in [0.15, 0.2) is 0 Å². The van der Waals surface area contributed by atoms with Crippen molar-refractivity contribution in [3.05, 3.63) is 0 Å². The van der Waals surface area contributed by atoms with Crippen LogP contribution in [-0.4, -0.2) is 54.3 Å². The monoisotopic (exact) mass is 183 g/mol. The van der Waals surface area contributed by atoms with Crippen molar-refractivity contribution in [2.45, 2.75) is 0 Å². The first kappa shape index (κ1) is 13.6. The van der Waals surface area contributed by atoms with Gasteiger partial charge in [-0.25, -0.2) is 0 Å². The molecule has 6 heteroatoms. The SMILES string of the molecule is CO[Si](OC)OC.OCCO. The molecule has 1 radical (unpaired) electrons. The summed E-state index contributed by atoms with van der Waals surface area (Å²) in [5, 5.41) is 15.2. The first-order valence-electron chi connectivity index (χ1n) is 2.97. The minimum absolute atomic E-state index is 0.125. The zero-order valence-corrected chi connectivity index (χ0v) is 8.03. The molecule has 0 aromatic heterocycles. The maximum Gasteiger partial charge on any atom is 0.576 e. The van der Waals surface area contributed by atoms with E-state index in [1.165, 1.54) is 0 Å². The van der Waals surface area contributed by atoms with E-state index in [2.05, 4.69) is 0 Å². The van der Waals surface area contributed by atoms with Gasteiger partial charge in [0, 0.05) is 21.3 Å². The highest BCUT2D eigenvalue weighted by Crippen LogP contribution is 1.81. The number of aliphatic hydroxyl groups is 2. The average Bonchev–Trinajstić information content (AvgIpc) is 2.08. The quantitative estimate of drug-likeness (QED) is 0.540. The Bertz CT molecular complexity index is 51.3. The highest BCUT2D eigenvalue weighted by Gasteiger charge is 2.09. The van der Waals surface area contributed by atoms with Crippen LogP contribution in [0.1, 0.15) is 0 Å². The number of hydrogen-bond donors (Lipinski definition) is 2. The summed E-state index contributed by atoms with van der Waals surface area (Å²) in [6.45, 7) is -0.250. The lowest BCUT2D eigenvalue weighted by molar-refractivity contribution is 0.163. The van der Waals surface area contributed by atoms with Crippen LogP contribution in [0.5, 0.6) is 0 Å². The summed E-state index contributed by atoms with van der Waals surface area (Å²) in [5.74, 6) is 0. The normalized spacial score (nSPS) is 9.27. The van der Waals surface area contributed by atoms with Crippen molar-refractivity contribution in [3.63, 3.8) is 0 Å². The van der Waals surface area contributed by atoms with Gasteiger partial charge in [0.25, 0.3) is 0 Å². The van der Waals surface area contributed by atoms with Crippen LogP contribution in [0.2, 0.25) is 0 Å². The molecule has 0 spiro atoms. The first-order chi connectivity index (χ1) is 5.26. The fourth-order valence-electron chi connectivity index (χ4n) is 0.250. The van der Waals surface area contributed by atoms with E-state index in [1.54, 1.807) is 21.3 Å². The molecular formula is C5H15O5Si. The fraction of sp³-hybridized carbons (Fsp3) is 1.00. The molecule has 2 N–H and O–H groups in total. The highest BCUT2D eigenvalue weighted by atomic mass is 28.3. The van der Waals surface area contributed by atoms with E-state index in [1.807, 2.05) is 0 Å². The van der Waals surface area contributed by atoms with E-state index >= 15 is 0 Å². The standard InChI is InChI=1S/C3H9O3Si.C2H6O2/c1-4-7(5-2)6-3;3-1-2-4/h1-3H3;3-4H,1-2H2. The third kappa shape index (κ3) is 13.1. The molecule has 0 atom stereocenters. The summed E-state index contributed by atoms with van der Waals surface area (Å²) >= 11 is 0. The van der Waals surface area contributed by atoms with E-state index in [-0.39, 0.29) is 13.2 Å². The first-order valence-corrected chi connectivity index (χ1v) is 4.19.